The van der Waals surface area contributed by atoms with E-state index >= 15 is 0 Å². The summed E-state index contributed by atoms with van der Waals surface area (Å²) in [7, 11) is 0. The summed E-state index contributed by atoms with van der Waals surface area (Å²) in [5.41, 5.74) is 4.97. The lowest BCUT2D eigenvalue weighted by molar-refractivity contribution is -0.0482. The highest BCUT2D eigenvalue weighted by Crippen LogP contribution is 2.40. The lowest BCUT2D eigenvalue weighted by atomic mass is 9.97. The molecule has 4 heterocycles. The minimum absolute atomic E-state index is 0.00629. The van der Waals surface area contributed by atoms with Gasteiger partial charge in [0, 0.05) is 25.2 Å². The fourth-order valence-electron chi connectivity index (χ4n) is 7.14. The van der Waals surface area contributed by atoms with Gasteiger partial charge in [-0.2, -0.15) is 0 Å². The summed E-state index contributed by atoms with van der Waals surface area (Å²) >= 11 is 0. The number of hydrogen-bond acceptors (Lipinski definition) is 5. The quantitative estimate of drug-likeness (QED) is 0.282. The van der Waals surface area contributed by atoms with Gasteiger partial charge >= 0.3 is 0 Å². The Morgan fingerprint density at radius 2 is 1.38 bits per heavy atom. The first-order chi connectivity index (χ1) is 19.2. The number of ether oxygens (including phenoxy) is 1. The molecule has 2 saturated heterocycles. The number of hydrogen-bond donors (Lipinski definition) is 0. The maximum atomic E-state index is 6.92. The van der Waals surface area contributed by atoms with Gasteiger partial charge in [-0.05, 0) is 62.3 Å². The maximum Gasteiger partial charge on any atom is 0.157 e. The molecule has 2 atom stereocenters. The molecular formula is C33H37N5O. The molecule has 3 aliphatic rings. The van der Waals surface area contributed by atoms with E-state index in [1.165, 1.54) is 35.3 Å². The molecule has 2 unspecified atom stereocenters. The van der Waals surface area contributed by atoms with Gasteiger partial charge in [0.15, 0.2) is 5.82 Å². The third-order valence-corrected chi connectivity index (χ3v) is 8.91. The zero-order chi connectivity index (χ0) is 26.2. The zero-order valence-corrected chi connectivity index (χ0v) is 22.7. The highest BCUT2D eigenvalue weighted by Gasteiger charge is 2.41. The van der Waals surface area contributed by atoms with E-state index in [2.05, 4.69) is 109 Å². The van der Waals surface area contributed by atoms with Crippen LogP contribution in [0.25, 0.3) is 5.69 Å². The highest BCUT2D eigenvalue weighted by atomic mass is 16.5. The average Bonchev–Trinajstić information content (AvgIpc) is 3.47. The minimum atomic E-state index is -0.00629. The molecule has 0 aliphatic carbocycles. The van der Waals surface area contributed by atoms with Crippen molar-refractivity contribution in [3.8, 4) is 5.69 Å². The van der Waals surface area contributed by atoms with Crippen LogP contribution in [0.5, 0.6) is 0 Å². The first-order valence-electron chi connectivity index (χ1n) is 14.5. The number of aromatic nitrogens is 3. The number of rotatable bonds is 8. The number of fused-ring (bicyclic) bond motifs is 5. The topological polar surface area (TPSA) is 46.4 Å². The van der Waals surface area contributed by atoms with Crippen LogP contribution in [0.3, 0.4) is 0 Å². The predicted molar refractivity (Wildman–Crippen MR) is 154 cm³/mol. The van der Waals surface area contributed by atoms with Crippen LogP contribution >= 0.6 is 0 Å². The van der Waals surface area contributed by atoms with Crippen LogP contribution in [0.4, 0.5) is 5.69 Å². The molecule has 2 fully saturated rings. The molecule has 4 aromatic rings. The van der Waals surface area contributed by atoms with Gasteiger partial charge in [0.05, 0.1) is 24.0 Å². The molecule has 0 saturated carbocycles. The molecule has 6 nitrogen and oxygen atoms in total. The number of aryl methyl sites for hydroxylation is 1. The number of para-hydroxylation sites is 2. The second-order valence-electron chi connectivity index (χ2n) is 11.3. The summed E-state index contributed by atoms with van der Waals surface area (Å²) in [6.45, 7) is 5.03. The monoisotopic (exact) mass is 519 g/mol. The van der Waals surface area contributed by atoms with Crippen molar-refractivity contribution in [3.05, 3.63) is 108 Å². The largest absolute Gasteiger partial charge is 0.365 e. The van der Waals surface area contributed by atoms with E-state index in [1.807, 2.05) is 6.92 Å². The second kappa shape index (κ2) is 10.6. The highest BCUT2D eigenvalue weighted by molar-refractivity contribution is 5.65. The third-order valence-electron chi connectivity index (χ3n) is 8.91. The van der Waals surface area contributed by atoms with E-state index in [0.717, 1.165) is 50.5 Å². The van der Waals surface area contributed by atoms with E-state index in [-0.39, 0.29) is 6.10 Å². The molecule has 1 aromatic heterocycles. The summed E-state index contributed by atoms with van der Waals surface area (Å²) in [6, 6.07) is 31.3. The molecule has 0 spiro atoms. The first-order valence-corrected chi connectivity index (χ1v) is 14.5. The van der Waals surface area contributed by atoms with Gasteiger partial charge in [0.25, 0.3) is 0 Å². The Morgan fingerprint density at radius 3 is 2.05 bits per heavy atom. The van der Waals surface area contributed by atoms with Crippen LogP contribution in [-0.4, -0.2) is 50.9 Å². The van der Waals surface area contributed by atoms with E-state index in [0.29, 0.717) is 18.2 Å². The van der Waals surface area contributed by atoms with Crippen LogP contribution in [0, 0.1) is 6.92 Å². The van der Waals surface area contributed by atoms with E-state index in [1.54, 1.807) is 0 Å². The van der Waals surface area contributed by atoms with Crippen molar-refractivity contribution >= 4 is 5.69 Å². The standard InChI is InChI=1S/C33H37N5O/c1-24-34-35-32-23-36(30-15-8-9-16-31(30)38(24)32)19-10-20-37-27-17-18-28(37)22-29(21-27)39-33(25-11-4-2-5-12-25)26-13-6-3-7-14-26/h2-9,11-16,27-29,33H,10,17-23H2,1H3. The number of nitrogens with zero attached hydrogens (tertiary/aromatic N) is 5. The Hall–Kier alpha value is -3.48. The van der Waals surface area contributed by atoms with Gasteiger partial charge in [-0.25, -0.2) is 0 Å². The molecule has 0 N–H and O–H groups in total. The van der Waals surface area contributed by atoms with Gasteiger partial charge in [-0.3, -0.25) is 9.47 Å². The van der Waals surface area contributed by atoms with Crippen molar-refractivity contribution in [3.63, 3.8) is 0 Å². The van der Waals surface area contributed by atoms with Gasteiger partial charge < -0.3 is 9.64 Å². The molecule has 7 rings (SSSR count). The molecule has 3 aromatic carbocycles. The predicted octanol–water partition coefficient (Wildman–Crippen LogP) is 6.09. The first kappa shape index (κ1) is 24.6. The zero-order valence-electron chi connectivity index (χ0n) is 22.7. The lowest BCUT2D eigenvalue weighted by Gasteiger charge is -2.40. The number of piperidine rings is 1. The molecule has 3 aliphatic heterocycles. The molecule has 0 amide bonds. The fourth-order valence-corrected chi connectivity index (χ4v) is 7.14. The Labute approximate surface area is 231 Å². The number of benzene rings is 3. The van der Waals surface area contributed by atoms with Crippen LogP contribution in [0.1, 0.15) is 61.0 Å². The normalized spacial score (nSPS) is 22.2. The smallest absolute Gasteiger partial charge is 0.157 e. The van der Waals surface area contributed by atoms with Crippen molar-refractivity contribution in [2.45, 2.75) is 69.9 Å². The van der Waals surface area contributed by atoms with Gasteiger partial charge in [0.2, 0.25) is 0 Å². The van der Waals surface area contributed by atoms with Crippen molar-refractivity contribution in [1.29, 1.82) is 0 Å². The van der Waals surface area contributed by atoms with Crippen molar-refractivity contribution in [2.75, 3.05) is 18.0 Å². The third kappa shape index (κ3) is 4.77. The number of anilines is 1. The van der Waals surface area contributed by atoms with Crippen LogP contribution in [0.15, 0.2) is 84.9 Å². The molecule has 0 radical (unpaired) electrons. The minimum Gasteiger partial charge on any atom is -0.365 e. The van der Waals surface area contributed by atoms with Gasteiger partial charge in [-0.15, -0.1) is 10.2 Å². The molecular weight excluding hydrogens is 482 g/mol. The summed E-state index contributed by atoms with van der Waals surface area (Å²) in [5.74, 6) is 2.00. The van der Waals surface area contributed by atoms with Crippen LogP contribution in [0.2, 0.25) is 0 Å². The Bertz CT molecular complexity index is 1350. The average molecular weight is 520 g/mol. The Kier molecular flexibility index (Phi) is 6.67. The van der Waals surface area contributed by atoms with Crippen molar-refractivity contribution < 1.29 is 4.74 Å². The summed E-state index contributed by atoms with van der Waals surface area (Å²) in [4.78, 5) is 5.28. The van der Waals surface area contributed by atoms with Gasteiger partial charge in [0.1, 0.15) is 11.9 Å². The summed E-state index contributed by atoms with van der Waals surface area (Å²) in [5, 5.41) is 8.81. The molecule has 6 heteroatoms. The van der Waals surface area contributed by atoms with Crippen LogP contribution < -0.4 is 4.90 Å². The summed E-state index contributed by atoms with van der Waals surface area (Å²) in [6.07, 6.45) is 6.28. The Morgan fingerprint density at radius 1 is 0.769 bits per heavy atom. The molecule has 2 bridgehead atoms. The van der Waals surface area contributed by atoms with Crippen molar-refractivity contribution in [2.24, 2.45) is 0 Å². The molecule has 39 heavy (non-hydrogen) atoms. The van der Waals surface area contributed by atoms with Crippen molar-refractivity contribution in [1.82, 2.24) is 19.7 Å². The SMILES string of the molecule is Cc1nnc2n1-c1ccccc1N(CCCN1C3CCC1CC(OC(c1ccccc1)c1ccccc1)C3)C2. The fraction of sp³-hybridized carbons (Fsp3) is 0.394. The van der Waals surface area contributed by atoms with E-state index in [4.69, 9.17) is 4.74 Å². The second-order valence-corrected chi connectivity index (χ2v) is 11.3. The van der Waals surface area contributed by atoms with E-state index < -0.39 is 0 Å². The molecule has 200 valence electrons. The van der Waals surface area contributed by atoms with Gasteiger partial charge in [-0.1, -0.05) is 72.8 Å². The Balaban J connectivity index is 0.995. The maximum absolute atomic E-state index is 6.92. The summed E-state index contributed by atoms with van der Waals surface area (Å²) < 4.78 is 9.12. The lowest BCUT2D eigenvalue weighted by Crippen LogP contribution is -2.46. The van der Waals surface area contributed by atoms with E-state index in [9.17, 15) is 0 Å². The van der Waals surface area contributed by atoms with Crippen LogP contribution in [-0.2, 0) is 11.3 Å².